The number of amides is 2. The van der Waals surface area contributed by atoms with Gasteiger partial charge < -0.3 is 10.2 Å². The van der Waals surface area contributed by atoms with Gasteiger partial charge in [0.2, 0.25) is 21.8 Å². The molecule has 0 saturated carbocycles. The number of sulfonamides is 1. The minimum Gasteiger partial charge on any atom is -0.335 e. The Morgan fingerprint density at radius 2 is 1.76 bits per heavy atom. The molecule has 1 aliphatic rings. The van der Waals surface area contributed by atoms with Crippen LogP contribution in [0, 0.1) is 5.82 Å². The molecule has 0 bridgehead atoms. The number of fused-ring (bicyclic) bond motifs is 1. The first-order valence-corrected chi connectivity index (χ1v) is 12.6. The quantitative estimate of drug-likeness (QED) is 0.508. The van der Waals surface area contributed by atoms with Crippen LogP contribution in [0.15, 0.2) is 71.6 Å². The first-order valence-electron chi connectivity index (χ1n) is 10.6. The van der Waals surface area contributed by atoms with Crippen molar-refractivity contribution in [2.75, 3.05) is 25.5 Å². The molecule has 1 aliphatic heterocycles. The molecule has 0 aromatic heterocycles. The summed E-state index contributed by atoms with van der Waals surface area (Å²) in [6.45, 7) is -0.196. The second-order valence-corrected chi connectivity index (χ2v) is 10.9. The van der Waals surface area contributed by atoms with Crippen LogP contribution in [0.25, 0.3) is 10.8 Å². The first-order chi connectivity index (χ1) is 16.1. The van der Waals surface area contributed by atoms with Crippen LogP contribution in [-0.2, 0) is 19.6 Å². The van der Waals surface area contributed by atoms with E-state index in [1.165, 1.54) is 46.6 Å². The van der Waals surface area contributed by atoms with Gasteiger partial charge in [-0.05, 0) is 53.6 Å². The molecule has 3 aromatic rings. The van der Waals surface area contributed by atoms with E-state index in [2.05, 4.69) is 17.9 Å². The van der Waals surface area contributed by atoms with Crippen molar-refractivity contribution < 1.29 is 22.4 Å². The molecular weight excluding hydrogens is 477 g/mol. The number of nitrogens with zero attached hydrogens (tertiary/aromatic N) is 2. The molecule has 1 fully saturated rings. The molecule has 1 N–H and O–H groups in total. The van der Waals surface area contributed by atoms with Crippen LogP contribution in [0.3, 0.4) is 0 Å². The Morgan fingerprint density at radius 3 is 2.47 bits per heavy atom. The van der Waals surface area contributed by atoms with Gasteiger partial charge in [0.25, 0.3) is 0 Å². The molecule has 0 aliphatic carbocycles. The molecule has 2 atom stereocenters. The van der Waals surface area contributed by atoms with Crippen molar-refractivity contribution in [1.82, 2.24) is 9.21 Å². The van der Waals surface area contributed by atoms with Crippen LogP contribution in [0.1, 0.15) is 6.42 Å². The predicted molar refractivity (Wildman–Crippen MR) is 132 cm³/mol. The van der Waals surface area contributed by atoms with Gasteiger partial charge in [-0.2, -0.15) is 16.9 Å². The number of carbonyl (C=O) groups is 2. The third-order valence-electron chi connectivity index (χ3n) is 5.73. The number of carbonyl (C=O) groups excluding carboxylic acids is 2. The Labute approximate surface area is 203 Å². The number of rotatable bonds is 6. The molecule has 1 saturated heterocycles. The van der Waals surface area contributed by atoms with Crippen LogP contribution < -0.4 is 5.32 Å². The molecule has 34 heavy (non-hydrogen) atoms. The molecule has 3 aromatic carbocycles. The molecule has 178 valence electrons. The summed E-state index contributed by atoms with van der Waals surface area (Å²) in [7, 11) is -2.53. The monoisotopic (exact) mass is 501 g/mol. The summed E-state index contributed by atoms with van der Waals surface area (Å²) in [4.78, 5) is 26.8. The van der Waals surface area contributed by atoms with E-state index >= 15 is 0 Å². The predicted octanol–water partition coefficient (Wildman–Crippen LogP) is 3.14. The van der Waals surface area contributed by atoms with Crippen LogP contribution in [-0.4, -0.2) is 60.9 Å². The van der Waals surface area contributed by atoms with Crippen molar-refractivity contribution >= 4 is 50.9 Å². The van der Waals surface area contributed by atoms with Crippen molar-refractivity contribution in [1.29, 1.82) is 0 Å². The van der Waals surface area contributed by atoms with Crippen LogP contribution in [0.4, 0.5) is 10.1 Å². The zero-order valence-electron chi connectivity index (χ0n) is 18.4. The van der Waals surface area contributed by atoms with Gasteiger partial charge in [0, 0.05) is 24.5 Å². The average Bonchev–Trinajstić information content (AvgIpc) is 3.22. The molecule has 10 heteroatoms. The first kappa shape index (κ1) is 24.2. The molecule has 0 spiro atoms. The topological polar surface area (TPSA) is 86.8 Å². The van der Waals surface area contributed by atoms with Gasteiger partial charge in [0.1, 0.15) is 11.9 Å². The van der Waals surface area contributed by atoms with Gasteiger partial charge in [-0.3, -0.25) is 9.59 Å². The number of likely N-dealkylation sites (N-methyl/N-ethyl adjacent to an activating group) is 1. The lowest BCUT2D eigenvalue weighted by atomic mass is 10.1. The molecule has 1 heterocycles. The smallest absolute Gasteiger partial charge is 0.243 e. The Morgan fingerprint density at radius 1 is 1.09 bits per heavy atom. The van der Waals surface area contributed by atoms with Gasteiger partial charge in [0.15, 0.2) is 0 Å². The highest BCUT2D eigenvalue weighted by Crippen LogP contribution is 2.31. The summed E-state index contributed by atoms with van der Waals surface area (Å²) >= 11 is 4.43. The Balaban J connectivity index is 1.50. The molecule has 0 unspecified atom stereocenters. The number of thiol groups is 1. The summed E-state index contributed by atoms with van der Waals surface area (Å²) in [5.41, 5.74) is 0.393. The summed E-state index contributed by atoms with van der Waals surface area (Å²) in [6, 6.07) is 16.6. The molecule has 2 amide bonds. The third-order valence-corrected chi connectivity index (χ3v) is 7.98. The second kappa shape index (κ2) is 9.73. The molecule has 4 rings (SSSR count). The fourth-order valence-corrected chi connectivity index (χ4v) is 6.18. The zero-order chi connectivity index (χ0) is 24.5. The lowest BCUT2D eigenvalue weighted by molar-refractivity contribution is -0.136. The highest BCUT2D eigenvalue weighted by molar-refractivity contribution is 7.89. The van der Waals surface area contributed by atoms with E-state index in [1.807, 2.05) is 24.3 Å². The van der Waals surface area contributed by atoms with Gasteiger partial charge >= 0.3 is 0 Å². The molecule has 7 nitrogen and oxygen atoms in total. The number of halogens is 1. The second-order valence-electron chi connectivity index (χ2n) is 8.24. The van der Waals surface area contributed by atoms with E-state index in [9.17, 15) is 22.4 Å². The largest absolute Gasteiger partial charge is 0.335 e. The highest BCUT2D eigenvalue weighted by atomic mass is 32.2. The average molecular weight is 502 g/mol. The van der Waals surface area contributed by atoms with Gasteiger partial charge in [-0.1, -0.05) is 30.3 Å². The lowest BCUT2D eigenvalue weighted by Crippen LogP contribution is -2.48. The Hall–Kier alpha value is -2.95. The van der Waals surface area contributed by atoms with Crippen molar-refractivity contribution in [2.24, 2.45) is 0 Å². The van der Waals surface area contributed by atoms with E-state index < -0.39 is 33.7 Å². The fourth-order valence-electron chi connectivity index (χ4n) is 4.02. The maximum Gasteiger partial charge on any atom is 0.243 e. The van der Waals surface area contributed by atoms with Gasteiger partial charge in [0.05, 0.1) is 11.4 Å². The van der Waals surface area contributed by atoms with Crippen molar-refractivity contribution in [3.63, 3.8) is 0 Å². The third kappa shape index (κ3) is 5.08. The lowest BCUT2D eigenvalue weighted by Gasteiger charge is -2.27. The number of nitrogens with one attached hydrogen (secondary N) is 1. The van der Waals surface area contributed by atoms with Crippen LogP contribution in [0.5, 0.6) is 0 Å². The van der Waals surface area contributed by atoms with Crippen molar-refractivity contribution in [3.8, 4) is 0 Å². The molecule has 0 radical (unpaired) electrons. The maximum absolute atomic E-state index is 13.5. The minimum absolute atomic E-state index is 0.0876. The van der Waals surface area contributed by atoms with E-state index in [1.54, 1.807) is 12.1 Å². The Kier molecular flexibility index (Phi) is 6.92. The highest BCUT2D eigenvalue weighted by Gasteiger charge is 2.44. The minimum atomic E-state index is -3.97. The number of benzene rings is 3. The fraction of sp³-hybridized carbons (Fsp3) is 0.250. The summed E-state index contributed by atoms with van der Waals surface area (Å²) in [5, 5.41) is 3.97. The van der Waals surface area contributed by atoms with Gasteiger partial charge in [-0.15, -0.1) is 0 Å². The van der Waals surface area contributed by atoms with E-state index in [0.717, 1.165) is 10.8 Å². The summed E-state index contributed by atoms with van der Waals surface area (Å²) in [5.74, 6) is -1.40. The summed E-state index contributed by atoms with van der Waals surface area (Å²) < 4.78 is 41.2. The SMILES string of the molecule is CN(CC(=O)Nc1ccc(F)cc1)C(=O)[C@@H]1C[C@@H](S)CN1S(=O)(=O)c1ccc2ccccc2c1. The van der Waals surface area contributed by atoms with Crippen LogP contribution in [0.2, 0.25) is 0 Å². The van der Waals surface area contributed by atoms with Gasteiger partial charge in [-0.25, -0.2) is 12.8 Å². The number of hydrogen-bond donors (Lipinski definition) is 2. The number of anilines is 1. The van der Waals surface area contributed by atoms with E-state index in [4.69, 9.17) is 0 Å². The van der Waals surface area contributed by atoms with E-state index in [0.29, 0.717) is 5.69 Å². The normalized spacial score (nSPS) is 18.7. The van der Waals surface area contributed by atoms with Crippen LogP contribution >= 0.6 is 12.6 Å². The molecular formula is C24H24FN3O4S2. The number of hydrogen-bond acceptors (Lipinski definition) is 5. The Bertz CT molecular complexity index is 1330. The zero-order valence-corrected chi connectivity index (χ0v) is 20.1. The van der Waals surface area contributed by atoms with Crippen molar-refractivity contribution in [2.45, 2.75) is 22.6 Å². The maximum atomic E-state index is 13.5. The standard InChI is InChI=1S/C24H24FN3O4S2/c1-27(15-23(29)26-19-9-7-18(25)8-10-19)24(30)22-13-20(33)14-28(22)34(31,32)21-11-6-16-4-2-3-5-17(16)12-21/h2-12,20,22,33H,13-15H2,1H3,(H,26,29)/t20-,22+/m1/s1. The van der Waals surface area contributed by atoms with E-state index in [-0.39, 0.29) is 29.7 Å². The summed E-state index contributed by atoms with van der Waals surface area (Å²) in [6.07, 6.45) is 0.235. The van der Waals surface area contributed by atoms with Crippen molar-refractivity contribution in [3.05, 3.63) is 72.5 Å².